The number of carbonyl (C=O) groups excluding carboxylic acids is 1. The minimum atomic E-state index is -4.36. The number of nitrogens with zero attached hydrogens (tertiary/aromatic N) is 5. The first-order chi connectivity index (χ1) is 13.8. The fourth-order valence-corrected chi connectivity index (χ4v) is 2.97. The summed E-state index contributed by atoms with van der Waals surface area (Å²) in [5.74, 6) is -0.0448. The predicted octanol–water partition coefficient (Wildman–Crippen LogP) is 3.18. The molecule has 0 aliphatic carbocycles. The molecule has 150 valence electrons. The van der Waals surface area contributed by atoms with Gasteiger partial charge in [-0.3, -0.25) is 9.36 Å². The van der Waals surface area contributed by atoms with Gasteiger partial charge in [-0.05, 0) is 24.3 Å². The van der Waals surface area contributed by atoms with Gasteiger partial charge in [-0.1, -0.05) is 0 Å². The van der Waals surface area contributed by atoms with Crippen molar-refractivity contribution >= 4 is 17.4 Å². The van der Waals surface area contributed by atoms with E-state index in [0.29, 0.717) is 11.4 Å². The van der Waals surface area contributed by atoms with Crippen LogP contribution in [0.15, 0.2) is 42.9 Å². The van der Waals surface area contributed by atoms with Crippen LogP contribution in [0.4, 0.5) is 29.1 Å². The maximum atomic E-state index is 13.2. The third-order valence-electron chi connectivity index (χ3n) is 4.29. The maximum Gasteiger partial charge on any atom is 0.390 e. The molecule has 2 aromatic heterocycles. The van der Waals surface area contributed by atoms with Crippen LogP contribution in [0.25, 0.3) is 17.3 Å². The number of carbonyl (C=O) groups is 1. The smallest absolute Gasteiger partial charge is 0.345 e. The van der Waals surface area contributed by atoms with Crippen LogP contribution in [0, 0.1) is 5.82 Å². The number of fused-ring (bicyclic) bond motifs is 1. The second kappa shape index (κ2) is 7.15. The third kappa shape index (κ3) is 4.03. The van der Waals surface area contributed by atoms with E-state index in [2.05, 4.69) is 20.3 Å². The minimum absolute atomic E-state index is 0.161. The van der Waals surface area contributed by atoms with E-state index >= 15 is 0 Å². The van der Waals surface area contributed by atoms with Crippen molar-refractivity contribution in [2.24, 2.45) is 0 Å². The Morgan fingerprint density at radius 2 is 1.90 bits per heavy atom. The van der Waals surface area contributed by atoms with E-state index in [1.54, 1.807) is 18.3 Å². The Hall–Kier alpha value is -3.50. The maximum absolute atomic E-state index is 13.2. The number of benzene rings is 1. The standard InChI is InChI=1S/C18H14F4N6O/c19-12-3-1-11(2-4-12)15-23-6-8-28(15)17-24-9-13-16(26-17)27(10-14(29)25-13)7-5-18(20,21)22/h1-4,6,8-9H,5,7,10H2,(H,25,29). The van der Waals surface area contributed by atoms with Gasteiger partial charge in [0.15, 0.2) is 5.82 Å². The van der Waals surface area contributed by atoms with Gasteiger partial charge in [0.2, 0.25) is 11.9 Å². The second-order valence-corrected chi connectivity index (χ2v) is 6.37. The van der Waals surface area contributed by atoms with Gasteiger partial charge in [0.05, 0.1) is 19.2 Å². The number of nitrogens with one attached hydrogen (secondary N) is 1. The number of hydrogen-bond donors (Lipinski definition) is 1. The molecular weight excluding hydrogens is 392 g/mol. The predicted molar refractivity (Wildman–Crippen MR) is 96.1 cm³/mol. The van der Waals surface area contributed by atoms with Crippen LogP contribution in [0.1, 0.15) is 6.42 Å². The van der Waals surface area contributed by atoms with E-state index in [9.17, 15) is 22.4 Å². The molecule has 1 aliphatic rings. The number of halogens is 4. The number of amides is 1. The quantitative estimate of drug-likeness (QED) is 0.674. The van der Waals surface area contributed by atoms with E-state index < -0.39 is 30.9 Å². The second-order valence-electron chi connectivity index (χ2n) is 6.37. The van der Waals surface area contributed by atoms with Gasteiger partial charge in [0, 0.05) is 24.5 Å². The monoisotopic (exact) mass is 406 g/mol. The van der Waals surface area contributed by atoms with E-state index in [1.165, 1.54) is 34.0 Å². The molecule has 1 aliphatic heterocycles. The van der Waals surface area contributed by atoms with Crippen LogP contribution in [0.5, 0.6) is 0 Å². The van der Waals surface area contributed by atoms with Crippen LogP contribution in [0.3, 0.4) is 0 Å². The van der Waals surface area contributed by atoms with Crippen molar-refractivity contribution in [2.75, 3.05) is 23.3 Å². The van der Waals surface area contributed by atoms with Crippen LogP contribution < -0.4 is 10.2 Å². The van der Waals surface area contributed by atoms with Crippen LogP contribution in [-0.4, -0.2) is 44.7 Å². The van der Waals surface area contributed by atoms with Crippen molar-refractivity contribution in [3.05, 3.63) is 48.7 Å². The molecule has 0 spiro atoms. The summed E-state index contributed by atoms with van der Waals surface area (Å²) in [5, 5.41) is 2.56. The van der Waals surface area contributed by atoms with Crippen molar-refractivity contribution in [1.29, 1.82) is 0 Å². The molecule has 0 fully saturated rings. The molecule has 0 unspecified atom stereocenters. The van der Waals surface area contributed by atoms with Gasteiger partial charge in [0.1, 0.15) is 17.3 Å². The lowest BCUT2D eigenvalue weighted by Gasteiger charge is -2.30. The summed E-state index contributed by atoms with van der Waals surface area (Å²) >= 11 is 0. The molecule has 7 nitrogen and oxygen atoms in total. The fraction of sp³-hybridized carbons (Fsp3) is 0.222. The summed E-state index contributed by atoms with van der Waals surface area (Å²) in [4.78, 5) is 25.9. The van der Waals surface area contributed by atoms with E-state index in [0.717, 1.165) is 0 Å². The highest BCUT2D eigenvalue weighted by molar-refractivity contribution is 6.00. The van der Waals surface area contributed by atoms with Crippen LogP contribution in [-0.2, 0) is 4.79 Å². The average Bonchev–Trinajstić information content (AvgIpc) is 3.15. The first-order valence-electron chi connectivity index (χ1n) is 8.58. The highest BCUT2D eigenvalue weighted by Gasteiger charge is 2.31. The number of rotatable bonds is 4. The SMILES string of the molecule is O=C1CN(CCC(F)(F)F)c2nc(-n3ccnc3-c3ccc(F)cc3)ncc2N1. The molecule has 0 bridgehead atoms. The molecule has 4 rings (SSSR count). The first-order valence-corrected chi connectivity index (χ1v) is 8.58. The zero-order chi connectivity index (χ0) is 20.6. The molecule has 11 heteroatoms. The van der Waals surface area contributed by atoms with Crippen molar-refractivity contribution < 1.29 is 22.4 Å². The molecule has 1 aromatic carbocycles. The molecule has 0 saturated heterocycles. The van der Waals surface area contributed by atoms with Crippen molar-refractivity contribution in [3.63, 3.8) is 0 Å². The molecule has 1 N–H and O–H groups in total. The summed E-state index contributed by atoms with van der Waals surface area (Å²) in [6.45, 7) is -0.649. The molecule has 29 heavy (non-hydrogen) atoms. The zero-order valence-electron chi connectivity index (χ0n) is 14.8. The summed E-state index contributed by atoms with van der Waals surface area (Å²) in [7, 11) is 0. The largest absolute Gasteiger partial charge is 0.390 e. The van der Waals surface area contributed by atoms with Gasteiger partial charge >= 0.3 is 6.18 Å². The summed E-state index contributed by atoms with van der Waals surface area (Å²) in [5.41, 5.74) is 0.843. The van der Waals surface area contributed by atoms with E-state index in [1.807, 2.05) is 0 Å². The number of anilines is 2. The highest BCUT2D eigenvalue weighted by atomic mass is 19.4. The summed E-state index contributed by atoms with van der Waals surface area (Å²) in [6, 6.07) is 5.66. The number of alkyl halides is 3. The van der Waals surface area contributed by atoms with Crippen molar-refractivity contribution in [3.8, 4) is 17.3 Å². The molecule has 0 atom stereocenters. The molecule has 1 amide bonds. The fourth-order valence-electron chi connectivity index (χ4n) is 2.97. The Morgan fingerprint density at radius 1 is 1.14 bits per heavy atom. The lowest BCUT2D eigenvalue weighted by molar-refractivity contribution is -0.133. The molecule has 3 heterocycles. The topological polar surface area (TPSA) is 75.9 Å². The van der Waals surface area contributed by atoms with Crippen LogP contribution in [0.2, 0.25) is 0 Å². The Balaban J connectivity index is 1.70. The van der Waals surface area contributed by atoms with E-state index in [4.69, 9.17) is 0 Å². The molecular formula is C18H14F4N6O. The number of aromatic nitrogens is 4. The number of hydrogen-bond acceptors (Lipinski definition) is 5. The normalized spacial score (nSPS) is 13.9. The van der Waals surface area contributed by atoms with Gasteiger partial charge in [-0.2, -0.15) is 18.2 Å². The Kier molecular flexibility index (Phi) is 4.65. The van der Waals surface area contributed by atoms with Crippen molar-refractivity contribution in [1.82, 2.24) is 19.5 Å². The lowest BCUT2D eigenvalue weighted by atomic mass is 10.2. The molecule has 3 aromatic rings. The molecule has 0 radical (unpaired) electrons. The van der Waals surface area contributed by atoms with Gasteiger partial charge in [-0.25, -0.2) is 14.4 Å². The Bertz CT molecular complexity index is 1050. The molecule has 0 saturated carbocycles. The summed E-state index contributed by atoms with van der Waals surface area (Å²) < 4.78 is 52.7. The van der Waals surface area contributed by atoms with Gasteiger partial charge in [0.25, 0.3) is 0 Å². The van der Waals surface area contributed by atoms with Gasteiger partial charge < -0.3 is 10.2 Å². The summed E-state index contributed by atoms with van der Waals surface area (Å²) in [6.07, 6.45) is -1.01. The average molecular weight is 406 g/mol. The van der Waals surface area contributed by atoms with E-state index in [-0.39, 0.29) is 24.0 Å². The van der Waals surface area contributed by atoms with Gasteiger partial charge in [-0.15, -0.1) is 0 Å². The third-order valence-corrected chi connectivity index (χ3v) is 4.29. The van der Waals surface area contributed by atoms with Crippen LogP contribution >= 0.6 is 0 Å². The van der Waals surface area contributed by atoms with Crippen molar-refractivity contribution in [2.45, 2.75) is 12.6 Å². The zero-order valence-corrected chi connectivity index (χ0v) is 14.8. The lowest BCUT2D eigenvalue weighted by Crippen LogP contribution is -2.40. The minimum Gasteiger partial charge on any atom is -0.345 e. The Morgan fingerprint density at radius 3 is 2.62 bits per heavy atom. The first kappa shape index (κ1) is 18.8. The Labute approximate surface area is 162 Å². The number of imidazole rings is 1. The highest BCUT2D eigenvalue weighted by Crippen LogP contribution is 2.30.